The van der Waals surface area contributed by atoms with Crippen LogP contribution >= 0.6 is 11.6 Å². The van der Waals surface area contributed by atoms with Crippen LogP contribution in [0.3, 0.4) is 0 Å². The lowest BCUT2D eigenvalue weighted by Crippen LogP contribution is -2.68. The van der Waals surface area contributed by atoms with Gasteiger partial charge in [0.2, 0.25) is 21.0 Å². The summed E-state index contributed by atoms with van der Waals surface area (Å²) in [6.45, 7) is 1.63. The molecule has 0 bridgehead atoms. The van der Waals surface area contributed by atoms with E-state index in [4.69, 9.17) is 25.8 Å². The third-order valence-corrected chi connectivity index (χ3v) is 8.93. The third-order valence-electron chi connectivity index (χ3n) is 6.29. The van der Waals surface area contributed by atoms with Crippen LogP contribution in [-0.2, 0) is 10.0 Å². The molecule has 2 atom stereocenters. The van der Waals surface area contributed by atoms with Crippen molar-refractivity contribution in [3.8, 4) is 17.2 Å². The van der Waals surface area contributed by atoms with Crippen molar-refractivity contribution in [3.05, 3.63) is 42.0 Å². The van der Waals surface area contributed by atoms with Crippen LogP contribution in [0.5, 0.6) is 17.2 Å². The van der Waals surface area contributed by atoms with Crippen LogP contribution in [-0.4, -0.2) is 63.8 Å². The van der Waals surface area contributed by atoms with Gasteiger partial charge in [0.25, 0.3) is 0 Å². The maximum atomic E-state index is 13.4. The lowest BCUT2D eigenvalue weighted by atomic mass is 10.0. The van der Waals surface area contributed by atoms with E-state index in [1.54, 1.807) is 33.5 Å². The average molecular weight is 466 g/mol. The molecular weight excluding hydrogens is 442 g/mol. The molecule has 31 heavy (non-hydrogen) atoms. The highest BCUT2D eigenvalue weighted by Crippen LogP contribution is 2.56. The van der Waals surface area contributed by atoms with Crippen LogP contribution in [0.2, 0.25) is 0 Å². The zero-order chi connectivity index (χ0) is 22.0. The van der Waals surface area contributed by atoms with Crippen molar-refractivity contribution in [2.45, 2.75) is 22.6 Å². The second-order valence-corrected chi connectivity index (χ2v) is 10.1. The standard InChI is InChI=1S/C21H24ClN3O5S/c1-28-17-11-14(12-18(29-2)20(17)30-3)16-13-23-9-6-10-24-21(23,22)25(16)15-7-4-5-8-19(15)31(24,26)27/h4-5,7-8,11-12,16H,6,9-10,13H2,1-3H3. The molecule has 2 fully saturated rings. The Labute approximate surface area is 186 Å². The number of alkyl halides is 1. The minimum Gasteiger partial charge on any atom is -0.493 e. The summed E-state index contributed by atoms with van der Waals surface area (Å²) in [6.07, 6.45) is 0.714. The molecule has 10 heteroatoms. The first-order valence-corrected chi connectivity index (χ1v) is 11.8. The molecule has 0 N–H and O–H groups in total. The molecule has 3 aliphatic heterocycles. The fraction of sp³-hybridized carbons (Fsp3) is 0.429. The summed E-state index contributed by atoms with van der Waals surface area (Å²) in [5.41, 5.74) is 1.50. The summed E-state index contributed by atoms with van der Waals surface area (Å²) >= 11 is 7.21. The Morgan fingerprint density at radius 3 is 2.35 bits per heavy atom. The number of halogens is 1. The van der Waals surface area contributed by atoms with E-state index in [0.717, 1.165) is 5.56 Å². The summed E-state index contributed by atoms with van der Waals surface area (Å²) in [5, 5.41) is -1.30. The van der Waals surface area contributed by atoms with Gasteiger partial charge in [-0.3, -0.25) is 4.90 Å². The van der Waals surface area contributed by atoms with E-state index in [1.807, 2.05) is 34.1 Å². The summed E-state index contributed by atoms with van der Waals surface area (Å²) in [7, 11) is 0.994. The van der Waals surface area contributed by atoms with Crippen molar-refractivity contribution in [2.24, 2.45) is 0 Å². The minimum absolute atomic E-state index is 0.219. The highest BCUT2D eigenvalue weighted by Gasteiger charge is 2.63. The van der Waals surface area contributed by atoms with Crippen molar-refractivity contribution in [2.75, 3.05) is 45.9 Å². The molecule has 5 rings (SSSR count). The highest BCUT2D eigenvalue weighted by atomic mass is 35.5. The minimum atomic E-state index is -3.72. The van der Waals surface area contributed by atoms with Crippen LogP contribution in [0.1, 0.15) is 18.0 Å². The van der Waals surface area contributed by atoms with Gasteiger partial charge in [-0.05, 0) is 36.2 Å². The number of para-hydroxylation sites is 1. The van der Waals surface area contributed by atoms with Crippen molar-refractivity contribution in [1.82, 2.24) is 9.21 Å². The van der Waals surface area contributed by atoms with Crippen molar-refractivity contribution in [3.63, 3.8) is 0 Å². The average Bonchev–Trinajstić information content (AvgIpc) is 3.09. The number of methoxy groups -OCH3 is 3. The van der Waals surface area contributed by atoms with Crippen LogP contribution in [0.4, 0.5) is 5.69 Å². The van der Waals surface area contributed by atoms with E-state index < -0.39 is 15.3 Å². The fourth-order valence-corrected chi connectivity index (χ4v) is 7.47. The van der Waals surface area contributed by atoms with E-state index >= 15 is 0 Å². The lowest BCUT2D eigenvalue weighted by Gasteiger charge is -2.52. The number of rotatable bonds is 4. The zero-order valence-electron chi connectivity index (χ0n) is 17.5. The summed E-state index contributed by atoms with van der Waals surface area (Å²) in [6, 6.07) is 10.6. The Bertz CT molecular complexity index is 1120. The number of sulfonamides is 1. The molecule has 0 aliphatic carbocycles. The van der Waals surface area contributed by atoms with Gasteiger partial charge in [0, 0.05) is 19.6 Å². The van der Waals surface area contributed by atoms with Crippen LogP contribution in [0.25, 0.3) is 0 Å². The van der Waals surface area contributed by atoms with Crippen LogP contribution < -0.4 is 19.1 Å². The topological polar surface area (TPSA) is 71.6 Å². The van der Waals surface area contributed by atoms with Gasteiger partial charge in [0.1, 0.15) is 4.90 Å². The van der Waals surface area contributed by atoms with Gasteiger partial charge < -0.3 is 19.1 Å². The number of fused-ring (bicyclic) bond motifs is 2. The Kier molecular flexibility index (Phi) is 4.78. The number of ether oxygens (including phenoxy) is 3. The highest BCUT2D eigenvalue weighted by molar-refractivity contribution is 7.89. The van der Waals surface area contributed by atoms with Crippen LogP contribution in [0, 0.1) is 0 Å². The van der Waals surface area contributed by atoms with Gasteiger partial charge in [-0.25, -0.2) is 8.42 Å². The quantitative estimate of drug-likeness (QED) is 0.508. The third kappa shape index (κ3) is 2.70. The summed E-state index contributed by atoms with van der Waals surface area (Å²) in [5.74, 6) is 1.59. The largest absolute Gasteiger partial charge is 0.493 e. The summed E-state index contributed by atoms with van der Waals surface area (Å²) < 4.78 is 44.8. The zero-order valence-corrected chi connectivity index (χ0v) is 19.1. The van der Waals surface area contributed by atoms with Crippen molar-refractivity contribution in [1.29, 1.82) is 0 Å². The normalized spacial score (nSPS) is 26.8. The predicted molar refractivity (Wildman–Crippen MR) is 116 cm³/mol. The van der Waals surface area contributed by atoms with Gasteiger partial charge in [0.15, 0.2) is 11.5 Å². The molecule has 0 aromatic heterocycles. The molecule has 2 unspecified atom stereocenters. The molecule has 166 valence electrons. The van der Waals surface area contributed by atoms with E-state index in [0.29, 0.717) is 49.0 Å². The van der Waals surface area contributed by atoms with Crippen LogP contribution in [0.15, 0.2) is 41.3 Å². The van der Waals surface area contributed by atoms with Gasteiger partial charge in [0.05, 0.1) is 33.1 Å². The van der Waals surface area contributed by atoms with Gasteiger partial charge >= 0.3 is 0 Å². The van der Waals surface area contributed by atoms with Gasteiger partial charge in [-0.2, -0.15) is 0 Å². The smallest absolute Gasteiger partial charge is 0.249 e. The first-order chi connectivity index (χ1) is 14.9. The molecule has 0 saturated carbocycles. The predicted octanol–water partition coefficient (Wildman–Crippen LogP) is 2.83. The molecule has 0 radical (unpaired) electrons. The second-order valence-electron chi connectivity index (χ2n) is 7.74. The fourth-order valence-electron chi connectivity index (χ4n) is 4.95. The van der Waals surface area contributed by atoms with Gasteiger partial charge in [-0.1, -0.05) is 23.7 Å². The molecule has 2 aromatic carbocycles. The molecule has 3 aliphatic rings. The van der Waals surface area contributed by atoms with Crippen molar-refractivity contribution >= 4 is 27.3 Å². The number of nitrogens with zero attached hydrogens (tertiary/aromatic N) is 3. The molecular formula is C21H24ClN3O5S. The Hall–Kier alpha value is -2.20. The van der Waals surface area contributed by atoms with E-state index in [-0.39, 0.29) is 10.9 Å². The molecule has 0 amide bonds. The van der Waals surface area contributed by atoms with Crippen molar-refractivity contribution < 1.29 is 22.6 Å². The Morgan fingerprint density at radius 1 is 1.03 bits per heavy atom. The maximum Gasteiger partial charge on any atom is 0.249 e. The maximum absolute atomic E-state index is 13.4. The lowest BCUT2D eigenvalue weighted by molar-refractivity contribution is 0.0608. The molecule has 0 spiro atoms. The summed E-state index contributed by atoms with van der Waals surface area (Å²) in [4.78, 5) is 4.30. The number of hydrogen-bond donors (Lipinski definition) is 0. The number of benzene rings is 2. The first-order valence-electron chi connectivity index (χ1n) is 10.0. The molecule has 3 heterocycles. The number of hydrogen-bond acceptors (Lipinski definition) is 7. The Balaban J connectivity index is 1.74. The molecule has 8 nitrogen and oxygen atoms in total. The SMILES string of the molecule is COc1cc(C2CN3CCCN4C3(Cl)N2c2ccccc2S4(=O)=O)cc(OC)c1OC. The van der Waals surface area contributed by atoms with E-state index in [2.05, 4.69) is 0 Å². The number of anilines is 1. The molecule has 2 saturated heterocycles. The van der Waals surface area contributed by atoms with E-state index in [9.17, 15) is 8.42 Å². The first kappa shape index (κ1) is 20.7. The monoisotopic (exact) mass is 465 g/mol. The Morgan fingerprint density at radius 2 is 1.71 bits per heavy atom. The second kappa shape index (κ2) is 7.16. The molecule has 2 aromatic rings. The van der Waals surface area contributed by atoms with E-state index in [1.165, 1.54) is 4.31 Å². The van der Waals surface area contributed by atoms with Gasteiger partial charge in [-0.15, -0.1) is 4.31 Å².